The maximum Gasteiger partial charge on any atom is 0.410 e. The van der Waals surface area contributed by atoms with E-state index in [2.05, 4.69) is 24.3 Å². The topological polar surface area (TPSA) is 49.9 Å². The summed E-state index contributed by atoms with van der Waals surface area (Å²) in [5.41, 5.74) is 1.36. The largest absolute Gasteiger partial charge is 0.448 e. The van der Waals surface area contributed by atoms with E-state index in [1.54, 1.807) is 0 Å². The predicted molar refractivity (Wildman–Crippen MR) is 87.0 cm³/mol. The molecule has 5 nitrogen and oxygen atoms in total. The van der Waals surface area contributed by atoms with Gasteiger partial charge in [0.15, 0.2) is 0 Å². The summed E-state index contributed by atoms with van der Waals surface area (Å²) in [4.78, 5) is 27.3. The van der Waals surface area contributed by atoms with Crippen LogP contribution < -0.4 is 0 Å². The summed E-state index contributed by atoms with van der Waals surface area (Å²) in [7, 11) is 0. The zero-order chi connectivity index (χ0) is 16.1. The third-order valence-electron chi connectivity index (χ3n) is 4.73. The third kappa shape index (κ3) is 4.24. The number of amides is 2. The Morgan fingerprint density at radius 3 is 2.78 bits per heavy atom. The number of carbonyl (C=O) groups is 2. The molecule has 1 aromatic carbocycles. The lowest BCUT2D eigenvalue weighted by atomic mass is 9.91. The van der Waals surface area contributed by atoms with Crippen LogP contribution in [0.15, 0.2) is 30.3 Å². The number of aryl methyl sites for hydroxylation is 1. The second-order valence-corrected chi connectivity index (χ2v) is 6.41. The second kappa shape index (κ2) is 7.49. The lowest BCUT2D eigenvalue weighted by Crippen LogP contribution is -2.45. The van der Waals surface area contributed by atoms with Crippen molar-refractivity contribution in [2.45, 2.75) is 25.7 Å². The quantitative estimate of drug-likeness (QED) is 0.837. The average molecular weight is 316 g/mol. The molecule has 1 atom stereocenters. The fraction of sp³-hybridized carbons (Fsp3) is 0.556. The van der Waals surface area contributed by atoms with E-state index in [1.807, 2.05) is 11.0 Å². The maximum absolute atomic E-state index is 12.4. The Morgan fingerprint density at radius 2 is 2.04 bits per heavy atom. The molecule has 0 aromatic heterocycles. The molecule has 2 amide bonds. The number of benzene rings is 1. The van der Waals surface area contributed by atoms with Gasteiger partial charge in [-0.25, -0.2) is 4.79 Å². The van der Waals surface area contributed by atoms with Crippen molar-refractivity contribution >= 4 is 12.0 Å². The molecule has 0 unspecified atom stereocenters. The standard InChI is InChI=1S/C18H24N2O3/c21-17(14-20-11-12-23-18(20)22)19-10-4-7-16(13-19)9-8-15-5-2-1-3-6-15/h1-3,5-6,16H,4,7-14H2/t16-/m1/s1. The van der Waals surface area contributed by atoms with Crippen molar-refractivity contribution in [2.75, 3.05) is 32.8 Å². The van der Waals surface area contributed by atoms with Gasteiger partial charge in [-0.3, -0.25) is 9.69 Å². The van der Waals surface area contributed by atoms with Crippen molar-refractivity contribution in [3.05, 3.63) is 35.9 Å². The van der Waals surface area contributed by atoms with Crippen LogP contribution in [-0.4, -0.2) is 54.6 Å². The van der Waals surface area contributed by atoms with Gasteiger partial charge in [0.25, 0.3) is 0 Å². The molecule has 0 saturated carbocycles. The number of ether oxygens (including phenoxy) is 1. The van der Waals surface area contributed by atoms with Gasteiger partial charge < -0.3 is 9.64 Å². The van der Waals surface area contributed by atoms with Gasteiger partial charge in [-0.1, -0.05) is 30.3 Å². The van der Waals surface area contributed by atoms with Crippen molar-refractivity contribution in [3.63, 3.8) is 0 Å². The molecular formula is C18H24N2O3. The monoisotopic (exact) mass is 316 g/mol. The fourth-order valence-corrected chi connectivity index (χ4v) is 3.38. The molecule has 2 aliphatic heterocycles. The molecule has 1 aromatic rings. The summed E-state index contributed by atoms with van der Waals surface area (Å²) < 4.78 is 4.88. The molecule has 2 saturated heterocycles. The molecule has 2 heterocycles. The van der Waals surface area contributed by atoms with Gasteiger partial charge in [0, 0.05) is 13.1 Å². The van der Waals surface area contributed by atoms with Crippen LogP contribution in [0.5, 0.6) is 0 Å². The first-order valence-corrected chi connectivity index (χ1v) is 8.46. The van der Waals surface area contributed by atoms with Gasteiger partial charge >= 0.3 is 6.09 Å². The number of cyclic esters (lactones) is 1. The predicted octanol–water partition coefficient (Wildman–Crippen LogP) is 2.31. The van der Waals surface area contributed by atoms with Gasteiger partial charge in [-0.05, 0) is 37.2 Å². The van der Waals surface area contributed by atoms with Crippen molar-refractivity contribution in [1.82, 2.24) is 9.80 Å². The zero-order valence-corrected chi connectivity index (χ0v) is 13.4. The van der Waals surface area contributed by atoms with E-state index in [4.69, 9.17) is 4.74 Å². The minimum atomic E-state index is -0.365. The van der Waals surface area contributed by atoms with Gasteiger partial charge in [0.05, 0.1) is 6.54 Å². The molecule has 23 heavy (non-hydrogen) atoms. The molecule has 3 rings (SSSR count). The number of likely N-dealkylation sites (tertiary alicyclic amines) is 1. The van der Waals surface area contributed by atoms with E-state index in [0.717, 1.165) is 32.4 Å². The van der Waals surface area contributed by atoms with Gasteiger partial charge in [0.1, 0.15) is 13.2 Å². The highest BCUT2D eigenvalue weighted by Gasteiger charge is 2.29. The smallest absolute Gasteiger partial charge is 0.410 e. The summed E-state index contributed by atoms with van der Waals surface area (Å²) in [6, 6.07) is 10.5. The van der Waals surface area contributed by atoms with Gasteiger partial charge in [-0.2, -0.15) is 0 Å². The van der Waals surface area contributed by atoms with Crippen molar-refractivity contribution < 1.29 is 14.3 Å². The molecule has 0 spiro atoms. The van der Waals surface area contributed by atoms with Crippen LogP contribution in [0.1, 0.15) is 24.8 Å². The van der Waals surface area contributed by atoms with E-state index >= 15 is 0 Å². The summed E-state index contributed by atoms with van der Waals surface area (Å²) in [6.45, 7) is 2.70. The average Bonchev–Trinajstić information content (AvgIpc) is 2.99. The van der Waals surface area contributed by atoms with Crippen LogP contribution >= 0.6 is 0 Å². The Hall–Kier alpha value is -2.04. The molecule has 0 aliphatic carbocycles. The van der Waals surface area contributed by atoms with Gasteiger partial charge in [-0.15, -0.1) is 0 Å². The molecule has 5 heteroatoms. The normalized spacial score (nSPS) is 21.4. The first-order valence-electron chi connectivity index (χ1n) is 8.46. The molecule has 2 aliphatic rings. The fourth-order valence-electron chi connectivity index (χ4n) is 3.38. The van der Waals surface area contributed by atoms with E-state index in [0.29, 0.717) is 19.1 Å². The molecular weight excluding hydrogens is 292 g/mol. The Morgan fingerprint density at radius 1 is 1.22 bits per heavy atom. The summed E-state index contributed by atoms with van der Waals surface area (Å²) >= 11 is 0. The highest BCUT2D eigenvalue weighted by atomic mass is 16.6. The second-order valence-electron chi connectivity index (χ2n) is 6.41. The highest BCUT2D eigenvalue weighted by molar-refractivity contribution is 5.83. The van der Waals surface area contributed by atoms with E-state index in [1.165, 1.54) is 16.9 Å². The van der Waals surface area contributed by atoms with Gasteiger partial charge in [0.2, 0.25) is 5.91 Å². The summed E-state index contributed by atoms with van der Waals surface area (Å²) in [5, 5.41) is 0. The van der Waals surface area contributed by atoms with E-state index < -0.39 is 0 Å². The number of hydrogen-bond donors (Lipinski definition) is 0. The number of carbonyl (C=O) groups excluding carboxylic acids is 2. The Balaban J connectivity index is 1.47. The molecule has 124 valence electrons. The van der Waals surface area contributed by atoms with Crippen LogP contribution in [0.4, 0.5) is 4.79 Å². The molecule has 0 bridgehead atoms. The van der Waals surface area contributed by atoms with Crippen LogP contribution in [0.3, 0.4) is 0 Å². The number of piperidine rings is 1. The van der Waals surface area contributed by atoms with E-state index in [9.17, 15) is 9.59 Å². The number of hydrogen-bond acceptors (Lipinski definition) is 3. The molecule has 0 radical (unpaired) electrons. The summed E-state index contributed by atoms with van der Waals surface area (Å²) in [6.07, 6.45) is 4.04. The highest BCUT2D eigenvalue weighted by Crippen LogP contribution is 2.22. The Bertz CT molecular complexity index is 546. The maximum atomic E-state index is 12.4. The Kier molecular flexibility index (Phi) is 5.16. The Labute approximate surface area is 137 Å². The SMILES string of the molecule is O=C(CN1CCOC1=O)N1CCC[C@H](CCc2ccccc2)C1. The van der Waals surface area contributed by atoms with Crippen LogP contribution in [-0.2, 0) is 16.0 Å². The summed E-state index contributed by atoms with van der Waals surface area (Å²) in [5.74, 6) is 0.603. The van der Waals surface area contributed by atoms with Crippen molar-refractivity contribution in [1.29, 1.82) is 0 Å². The lowest BCUT2D eigenvalue weighted by molar-refractivity contribution is -0.133. The van der Waals surface area contributed by atoms with Crippen LogP contribution in [0, 0.1) is 5.92 Å². The minimum Gasteiger partial charge on any atom is -0.448 e. The van der Waals surface area contributed by atoms with Crippen molar-refractivity contribution in [3.8, 4) is 0 Å². The minimum absolute atomic E-state index is 0.0493. The van der Waals surface area contributed by atoms with E-state index in [-0.39, 0.29) is 18.5 Å². The van der Waals surface area contributed by atoms with Crippen molar-refractivity contribution in [2.24, 2.45) is 5.92 Å². The molecule has 0 N–H and O–H groups in total. The van der Waals surface area contributed by atoms with Crippen LogP contribution in [0.25, 0.3) is 0 Å². The first-order chi connectivity index (χ1) is 11.2. The first kappa shape index (κ1) is 15.8. The number of rotatable bonds is 5. The number of nitrogens with zero attached hydrogens (tertiary/aromatic N) is 2. The lowest BCUT2D eigenvalue weighted by Gasteiger charge is -2.33. The molecule has 2 fully saturated rings. The van der Waals surface area contributed by atoms with Crippen LogP contribution in [0.2, 0.25) is 0 Å². The third-order valence-corrected chi connectivity index (χ3v) is 4.73. The zero-order valence-electron chi connectivity index (χ0n) is 13.4.